The minimum Gasteiger partial charge on any atom is -0.390 e. The summed E-state index contributed by atoms with van der Waals surface area (Å²) in [6.07, 6.45) is 21.5. The van der Waals surface area contributed by atoms with Gasteiger partial charge in [-0.25, -0.2) is 0 Å². The molecule has 0 heterocycles. The molecule has 0 aliphatic heterocycles. The number of benzene rings is 3. The van der Waals surface area contributed by atoms with Gasteiger partial charge in [-0.2, -0.15) is 11.8 Å². The van der Waals surface area contributed by atoms with Crippen molar-refractivity contribution >= 4 is 11.8 Å². The molecule has 1 unspecified atom stereocenters. The summed E-state index contributed by atoms with van der Waals surface area (Å²) in [5.74, 6) is 1.45. The highest BCUT2D eigenvalue weighted by Crippen LogP contribution is 2.40. The van der Waals surface area contributed by atoms with E-state index in [1.165, 1.54) is 96.3 Å². The summed E-state index contributed by atoms with van der Waals surface area (Å²) in [6, 6.07) is 31.5. The number of hydrogen-bond donors (Lipinski definition) is 1. The first-order valence-electron chi connectivity index (χ1n) is 18.4. The van der Waals surface area contributed by atoms with E-state index in [2.05, 4.69) is 79.7 Å². The van der Waals surface area contributed by atoms with Gasteiger partial charge in [0.15, 0.2) is 0 Å². The van der Waals surface area contributed by atoms with Crippen molar-refractivity contribution in [1.29, 1.82) is 0 Å². The predicted molar refractivity (Wildman–Crippen MR) is 199 cm³/mol. The molecule has 3 rings (SSSR count). The summed E-state index contributed by atoms with van der Waals surface area (Å²) in [7, 11) is 0. The highest BCUT2D eigenvalue weighted by molar-refractivity contribution is 7.99. The van der Waals surface area contributed by atoms with Crippen molar-refractivity contribution < 1.29 is 14.6 Å². The minimum absolute atomic E-state index is 0.411. The number of hydrogen-bond acceptors (Lipinski definition) is 4. The number of thioether (sulfide) groups is 1. The Labute approximate surface area is 285 Å². The van der Waals surface area contributed by atoms with Gasteiger partial charge >= 0.3 is 0 Å². The number of aliphatic hydroxyl groups is 1. The molecule has 0 spiro atoms. The van der Waals surface area contributed by atoms with E-state index < -0.39 is 11.7 Å². The van der Waals surface area contributed by atoms with Crippen molar-refractivity contribution in [1.82, 2.24) is 0 Å². The van der Waals surface area contributed by atoms with Crippen molar-refractivity contribution in [3.05, 3.63) is 108 Å². The zero-order valence-corrected chi connectivity index (χ0v) is 29.6. The lowest BCUT2D eigenvalue weighted by molar-refractivity contribution is 0.0231. The van der Waals surface area contributed by atoms with E-state index in [1.54, 1.807) is 11.8 Å². The van der Waals surface area contributed by atoms with E-state index in [0.717, 1.165) is 35.5 Å². The molecule has 0 aromatic heterocycles. The summed E-state index contributed by atoms with van der Waals surface area (Å²) in [6.45, 7) is 4.01. The third-order valence-corrected chi connectivity index (χ3v) is 9.93. The Balaban J connectivity index is 1.23. The van der Waals surface area contributed by atoms with Gasteiger partial charge in [0.05, 0.1) is 19.3 Å². The monoisotopic (exact) mass is 646 g/mol. The Morgan fingerprint density at radius 1 is 0.543 bits per heavy atom. The fourth-order valence-corrected chi connectivity index (χ4v) is 7.00. The molecule has 0 aliphatic rings. The van der Waals surface area contributed by atoms with Crippen molar-refractivity contribution in [3.8, 4) is 0 Å². The Bertz CT molecular complexity index is 995. The van der Waals surface area contributed by atoms with Crippen LogP contribution in [0.25, 0.3) is 0 Å². The standard InChI is InChI=1S/C42H62O3S/c1-2-3-4-5-6-7-8-9-10-11-12-13-14-15-16-26-33-44-36-41(43)37-46-35-34-45-42(38-27-20-17-21-28-38,39-29-22-18-23-30-39)40-31-24-19-25-32-40/h17-25,27-32,41,43H,2-16,26,33-37H2,1H3. The maximum absolute atomic E-state index is 10.5. The average Bonchev–Trinajstić information content (AvgIpc) is 3.10. The second-order valence-electron chi connectivity index (χ2n) is 12.7. The molecule has 3 aromatic carbocycles. The van der Waals surface area contributed by atoms with Crippen LogP contribution in [0, 0.1) is 0 Å². The van der Waals surface area contributed by atoms with Gasteiger partial charge in [0.25, 0.3) is 0 Å². The van der Waals surface area contributed by atoms with Gasteiger partial charge in [0.1, 0.15) is 5.60 Å². The molecule has 3 aromatic rings. The zero-order chi connectivity index (χ0) is 32.4. The predicted octanol–water partition coefficient (Wildman–Crippen LogP) is 11.4. The normalized spacial score (nSPS) is 12.4. The lowest BCUT2D eigenvalue weighted by atomic mass is 9.80. The molecule has 0 radical (unpaired) electrons. The Hall–Kier alpha value is -2.11. The van der Waals surface area contributed by atoms with Crippen LogP contribution in [0.5, 0.6) is 0 Å². The largest absolute Gasteiger partial charge is 0.390 e. The van der Waals surface area contributed by atoms with E-state index in [0.29, 0.717) is 19.0 Å². The summed E-state index contributed by atoms with van der Waals surface area (Å²) in [5.41, 5.74) is 2.64. The van der Waals surface area contributed by atoms with Gasteiger partial charge in [-0.1, -0.05) is 194 Å². The highest BCUT2D eigenvalue weighted by atomic mass is 32.2. The highest BCUT2D eigenvalue weighted by Gasteiger charge is 2.37. The van der Waals surface area contributed by atoms with Gasteiger partial charge in [-0.15, -0.1) is 0 Å². The second-order valence-corrected chi connectivity index (χ2v) is 13.9. The molecule has 0 saturated heterocycles. The Kier molecular flexibility index (Phi) is 20.8. The summed E-state index contributed by atoms with van der Waals surface area (Å²) >= 11 is 1.72. The number of ether oxygens (including phenoxy) is 2. The molecule has 0 aliphatic carbocycles. The van der Waals surface area contributed by atoms with Crippen molar-refractivity contribution in [3.63, 3.8) is 0 Å². The molecule has 0 fully saturated rings. The number of unbranched alkanes of at least 4 members (excludes halogenated alkanes) is 15. The van der Waals surface area contributed by atoms with Gasteiger partial charge in [0, 0.05) is 18.1 Å². The van der Waals surface area contributed by atoms with E-state index in [-0.39, 0.29) is 0 Å². The first-order chi connectivity index (χ1) is 22.8. The van der Waals surface area contributed by atoms with Gasteiger partial charge in [-0.3, -0.25) is 0 Å². The first-order valence-corrected chi connectivity index (χ1v) is 19.6. The smallest absolute Gasteiger partial charge is 0.143 e. The molecular formula is C42H62O3S. The molecule has 1 atom stereocenters. The summed E-state index contributed by atoms with van der Waals surface area (Å²) in [5, 5.41) is 10.5. The lowest BCUT2D eigenvalue weighted by Crippen LogP contribution is -2.33. The van der Waals surface area contributed by atoms with Crippen LogP contribution < -0.4 is 0 Å². The van der Waals surface area contributed by atoms with Crippen molar-refractivity contribution in [2.24, 2.45) is 0 Å². The molecule has 3 nitrogen and oxygen atoms in total. The first kappa shape index (κ1) is 38.3. The molecular weight excluding hydrogens is 585 g/mol. The summed E-state index contributed by atoms with van der Waals surface area (Å²) in [4.78, 5) is 0. The average molecular weight is 647 g/mol. The van der Waals surface area contributed by atoms with Crippen LogP contribution in [0.2, 0.25) is 0 Å². The number of aliphatic hydroxyl groups excluding tert-OH is 1. The van der Waals surface area contributed by atoms with Gasteiger partial charge < -0.3 is 14.6 Å². The fourth-order valence-electron chi connectivity index (χ4n) is 6.26. The minimum atomic E-state index is -0.695. The third-order valence-electron chi connectivity index (χ3n) is 8.85. The molecule has 0 amide bonds. The Morgan fingerprint density at radius 3 is 1.35 bits per heavy atom. The van der Waals surface area contributed by atoms with Crippen LogP contribution in [0.15, 0.2) is 91.0 Å². The van der Waals surface area contributed by atoms with E-state index >= 15 is 0 Å². The van der Waals surface area contributed by atoms with Gasteiger partial charge in [0.2, 0.25) is 0 Å². The van der Waals surface area contributed by atoms with Gasteiger partial charge in [-0.05, 0) is 23.1 Å². The molecule has 0 bridgehead atoms. The van der Waals surface area contributed by atoms with Crippen LogP contribution >= 0.6 is 11.8 Å². The maximum atomic E-state index is 10.5. The van der Waals surface area contributed by atoms with E-state index in [1.807, 2.05) is 18.2 Å². The van der Waals surface area contributed by atoms with E-state index in [4.69, 9.17) is 9.47 Å². The summed E-state index contributed by atoms with van der Waals surface area (Å²) < 4.78 is 12.6. The third kappa shape index (κ3) is 14.8. The van der Waals surface area contributed by atoms with Crippen molar-refractivity contribution in [2.45, 2.75) is 121 Å². The zero-order valence-electron chi connectivity index (χ0n) is 28.8. The van der Waals surface area contributed by atoms with Crippen LogP contribution in [-0.4, -0.2) is 42.5 Å². The molecule has 0 saturated carbocycles. The van der Waals surface area contributed by atoms with Crippen molar-refractivity contribution in [2.75, 3.05) is 31.3 Å². The Morgan fingerprint density at radius 2 is 0.935 bits per heavy atom. The van der Waals surface area contributed by atoms with Crippen LogP contribution in [0.1, 0.15) is 126 Å². The van der Waals surface area contributed by atoms with Crippen LogP contribution in [0.3, 0.4) is 0 Å². The molecule has 254 valence electrons. The fraction of sp³-hybridized carbons (Fsp3) is 0.571. The molecule has 4 heteroatoms. The number of rotatable bonds is 28. The SMILES string of the molecule is CCCCCCCCCCCCCCCCCCOCC(O)CSCCOC(c1ccccc1)(c1ccccc1)c1ccccc1. The quantitative estimate of drug-likeness (QED) is 0.0629. The lowest BCUT2D eigenvalue weighted by Gasteiger charge is -2.36. The second kappa shape index (κ2) is 25.0. The van der Waals surface area contributed by atoms with Crippen LogP contribution in [-0.2, 0) is 15.1 Å². The topological polar surface area (TPSA) is 38.7 Å². The van der Waals surface area contributed by atoms with E-state index in [9.17, 15) is 5.11 Å². The van der Waals surface area contributed by atoms with Crippen LogP contribution in [0.4, 0.5) is 0 Å². The molecule has 1 N–H and O–H groups in total. The maximum Gasteiger partial charge on any atom is 0.143 e. The molecule has 46 heavy (non-hydrogen) atoms.